The van der Waals surface area contributed by atoms with Crippen molar-refractivity contribution in [3.63, 3.8) is 0 Å². The highest BCUT2D eigenvalue weighted by molar-refractivity contribution is 8.26. The van der Waals surface area contributed by atoms with E-state index in [1.165, 1.54) is 17.0 Å². The number of halogens is 1. The van der Waals surface area contributed by atoms with E-state index in [1.54, 1.807) is 30.6 Å². The number of aromatic nitrogens is 1. The van der Waals surface area contributed by atoms with Gasteiger partial charge in [-0.3, -0.25) is 19.5 Å². The average Bonchev–Trinajstić information content (AvgIpc) is 3.03. The number of benzene rings is 1. The van der Waals surface area contributed by atoms with Gasteiger partial charge in [0.05, 0.1) is 10.9 Å². The van der Waals surface area contributed by atoms with Gasteiger partial charge in [-0.05, 0) is 43.0 Å². The Morgan fingerprint density at radius 3 is 2.87 bits per heavy atom. The molecule has 5 nitrogen and oxygen atoms in total. The summed E-state index contributed by atoms with van der Waals surface area (Å²) >= 11 is 6.43. The first kappa shape index (κ1) is 20.7. The summed E-state index contributed by atoms with van der Waals surface area (Å²) < 4.78 is 14.3. The molecule has 3 heterocycles. The van der Waals surface area contributed by atoms with Gasteiger partial charge in [0.1, 0.15) is 16.7 Å². The predicted octanol–water partition coefficient (Wildman–Crippen LogP) is 4.18. The number of rotatable bonds is 4. The third-order valence-electron chi connectivity index (χ3n) is 5.25. The lowest BCUT2D eigenvalue weighted by Crippen LogP contribution is -2.45. The average molecular weight is 442 g/mol. The molecule has 0 unspecified atom stereocenters. The van der Waals surface area contributed by atoms with Crippen LogP contribution in [0.15, 0.2) is 53.7 Å². The smallest absolute Gasteiger partial charge is 0.266 e. The molecule has 1 aromatic heterocycles. The van der Waals surface area contributed by atoms with Crippen LogP contribution < -0.4 is 0 Å². The molecular weight excluding hydrogens is 421 g/mol. The number of thiocarbonyl (C=S) groups is 1. The Labute approximate surface area is 184 Å². The van der Waals surface area contributed by atoms with Crippen molar-refractivity contribution in [2.45, 2.75) is 25.3 Å². The van der Waals surface area contributed by atoms with E-state index in [9.17, 15) is 14.0 Å². The Balaban J connectivity index is 1.50. The van der Waals surface area contributed by atoms with E-state index in [1.807, 2.05) is 17.0 Å². The first-order valence-corrected chi connectivity index (χ1v) is 11.0. The minimum absolute atomic E-state index is 0.0488. The lowest BCUT2D eigenvalue weighted by atomic mass is 9.96. The molecule has 8 heteroatoms. The molecule has 0 spiro atoms. The zero-order valence-corrected chi connectivity index (χ0v) is 17.8. The third-order valence-corrected chi connectivity index (χ3v) is 6.63. The summed E-state index contributed by atoms with van der Waals surface area (Å²) in [6, 6.07) is 10.0. The zero-order chi connectivity index (χ0) is 21.1. The molecule has 0 aliphatic carbocycles. The molecule has 2 aromatic rings. The van der Waals surface area contributed by atoms with Gasteiger partial charge in [0, 0.05) is 24.5 Å². The third kappa shape index (κ3) is 4.29. The van der Waals surface area contributed by atoms with Gasteiger partial charge in [-0.1, -0.05) is 48.2 Å². The molecule has 2 saturated heterocycles. The standard InChI is InChI=1S/C22H20FN3O2S2/c23-17-8-2-1-6-15(17)12-19-21(28)26(22(29)30-19)14-20(27)25-11-4-3-9-18(25)16-7-5-10-24-13-16/h1-2,5-8,10,12-13,18H,3-4,9,11,14H2/b19-12-/t18-/m1/s1. The minimum atomic E-state index is -0.411. The van der Waals surface area contributed by atoms with Crippen molar-refractivity contribution in [1.29, 1.82) is 0 Å². The molecule has 2 aliphatic rings. The Morgan fingerprint density at radius 1 is 1.27 bits per heavy atom. The van der Waals surface area contributed by atoms with Crippen LogP contribution in [0.3, 0.4) is 0 Å². The van der Waals surface area contributed by atoms with Crippen LogP contribution in [-0.2, 0) is 9.59 Å². The lowest BCUT2D eigenvalue weighted by Gasteiger charge is -2.36. The van der Waals surface area contributed by atoms with Crippen molar-refractivity contribution in [3.8, 4) is 0 Å². The summed E-state index contributed by atoms with van der Waals surface area (Å²) in [7, 11) is 0. The second-order valence-corrected chi connectivity index (χ2v) is 8.85. The second kappa shape index (κ2) is 9.06. The summed E-state index contributed by atoms with van der Waals surface area (Å²) in [4.78, 5) is 33.6. The summed E-state index contributed by atoms with van der Waals surface area (Å²) in [6.07, 6.45) is 7.80. The Morgan fingerprint density at radius 2 is 2.10 bits per heavy atom. The van der Waals surface area contributed by atoms with Crippen LogP contribution in [0.2, 0.25) is 0 Å². The van der Waals surface area contributed by atoms with E-state index in [0.29, 0.717) is 21.3 Å². The van der Waals surface area contributed by atoms with E-state index >= 15 is 0 Å². The number of hydrogen-bond donors (Lipinski definition) is 0. The molecule has 0 bridgehead atoms. The monoisotopic (exact) mass is 441 g/mol. The number of piperidine rings is 1. The van der Waals surface area contributed by atoms with Crippen LogP contribution in [-0.4, -0.2) is 44.0 Å². The van der Waals surface area contributed by atoms with Crippen LogP contribution in [0.4, 0.5) is 4.39 Å². The quantitative estimate of drug-likeness (QED) is 0.526. The molecule has 0 saturated carbocycles. The van der Waals surface area contributed by atoms with Crippen molar-refractivity contribution in [1.82, 2.24) is 14.8 Å². The van der Waals surface area contributed by atoms with Crippen LogP contribution in [0, 0.1) is 5.82 Å². The van der Waals surface area contributed by atoms with Gasteiger partial charge < -0.3 is 4.90 Å². The summed E-state index contributed by atoms with van der Waals surface area (Å²) in [5.41, 5.74) is 1.31. The molecule has 30 heavy (non-hydrogen) atoms. The molecule has 4 rings (SSSR count). The Bertz CT molecular complexity index is 1010. The fraction of sp³-hybridized carbons (Fsp3) is 0.273. The molecule has 0 radical (unpaired) electrons. The fourth-order valence-electron chi connectivity index (χ4n) is 3.75. The maximum absolute atomic E-state index is 13.9. The maximum Gasteiger partial charge on any atom is 0.266 e. The SMILES string of the molecule is O=C1/C(=C/c2ccccc2F)SC(=S)N1CC(=O)N1CCCC[C@@H]1c1cccnc1. The largest absolute Gasteiger partial charge is 0.334 e. The van der Waals surface area contributed by atoms with Gasteiger partial charge >= 0.3 is 0 Å². The van der Waals surface area contributed by atoms with Gasteiger partial charge in [-0.2, -0.15) is 0 Å². The minimum Gasteiger partial charge on any atom is -0.334 e. The lowest BCUT2D eigenvalue weighted by molar-refractivity contribution is -0.138. The number of carbonyl (C=O) groups excluding carboxylic acids is 2. The molecule has 1 atom stereocenters. The molecule has 2 amide bonds. The van der Waals surface area contributed by atoms with Crippen LogP contribution >= 0.6 is 24.0 Å². The Kier molecular flexibility index (Phi) is 6.24. The molecule has 154 valence electrons. The van der Waals surface area contributed by atoms with Gasteiger partial charge in [0.15, 0.2) is 0 Å². The number of thioether (sulfide) groups is 1. The van der Waals surface area contributed by atoms with Crippen molar-refractivity contribution < 1.29 is 14.0 Å². The number of hydrogen-bond acceptors (Lipinski definition) is 5. The van der Waals surface area contributed by atoms with E-state index in [-0.39, 0.29) is 24.4 Å². The number of likely N-dealkylation sites (tertiary alicyclic amines) is 1. The van der Waals surface area contributed by atoms with Crippen molar-refractivity contribution in [3.05, 3.63) is 70.6 Å². The highest BCUT2D eigenvalue weighted by Crippen LogP contribution is 2.34. The van der Waals surface area contributed by atoms with Crippen molar-refractivity contribution >= 4 is 46.2 Å². The normalized spacial score (nSPS) is 20.8. The Hall–Kier alpha value is -2.58. The van der Waals surface area contributed by atoms with Crippen molar-refractivity contribution in [2.75, 3.05) is 13.1 Å². The fourth-order valence-corrected chi connectivity index (χ4v) is 4.99. The topological polar surface area (TPSA) is 53.5 Å². The van der Waals surface area contributed by atoms with Crippen LogP contribution in [0.5, 0.6) is 0 Å². The van der Waals surface area contributed by atoms with E-state index < -0.39 is 5.82 Å². The van der Waals surface area contributed by atoms with Crippen molar-refractivity contribution in [2.24, 2.45) is 0 Å². The van der Waals surface area contributed by atoms with Crippen LogP contribution in [0.1, 0.15) is 36.4 Å². The van der Waals surface area contributed by atoms with Gasteiger partial charge in [-0.15, -0.1) is 0 Å². The van der Waals surface area contributed by atoms with Gasteiger partial charge in [-0.25, -0.2) is 4.39 Å². The summed E-state index contributed by atoms with van der Waals surface area (Å²) in [6.45, 7) is 0.522. The molecular formula is C22H20FN3O2S2. The molecule has 0 N–H and O–H groups in total. The number of amides is 2. The van der Waals surface area contributed by atoms with Gasteiger partial charge in [0.25, 0.3) is 5.91 Å². The highest BCUT2D eigenvalue weighted by atomic mass is 32.2. The number of carbonyl (C=O) groups is 2. The highest BCUT2D eigenvalue weighted by Gasteiger charge is 2.36. The van der Waals surface area contributed by atoms with E-state index in [0.717, 1.165) is 36.6 Å². The van der Waals surface area contributed by atoms with E-state index in [2.05, 4.69) is 4.98 Å². The second-order valence-electron chi connectivity index (χ2n) is 7.17. The first-order valence-electron chi connectivity index (χ1n) is 9.74. The summed E-state index contributed by atoms with van der Waals surface area (Å²) in [5.74, 6) is -0.921. The van der Waals surface area contributed by atoms with Gasteiger partial charge in [0.2, 0.25) is 5.91 Å². The van der Waals surface area contributed by atoms with E-state index in [4.69, 9.17) is 12.2 Å². The predicted molar refractivity (Wildman–Crippen MR) is 119 cm³/mol. The maximum atomic E-state index is 13.9. The zero-order valence-electron chi connectivity index (χ0n) is 16.2. The molecule has 2 aliphatic heterocycles. The van der Waals surface area contributed by atoms with Crippen LogP contribution in [0.25, 0.3) is 6.08 Å². The molecule has 2 fully saturated rings. The first-order chi connectivity index (χ1) is 14.5. The molecule has 1 aromatic carbocycles. The number of pyridine rings is 1. The number of nitrogens with zero attached hydrogens (tertiary/aromatic N) is 3. The summed E-state index contributed by atoms with van der Waals surface area (Å²) in [5, 5.41) is 0.